The van der Waals surface area contributed by atoms with E-state index in [-0.39, 0.29) is 12.5 Å². The number of carbonyl (C=O) groups is 1. The fourth-order valence-electron chi connectivity index (χ4n) is 2.74. The number of benzene rings is 1. The van der Waals surface area contributed by atoms with Crippen LogP contribution in [0.2, 0.25) is 0 Å². The third-order valence-corrected chi connectivity index (χ3v) is 4.73. The van der Waals surface area contributed by atoms with Crippen LogP contribution in [0.5, 0.6) is 0 Å². The Morgan fingerprint density at radius 2 is 2.00 bits per heavy atom. The Labute approximate surface area is 162 Å². The predicted octanol–water partition coefficient (Wildman–Crippen LogP) is 3.74. The number of thioether (sulfide) groups is 1. The van der Waals surface area contributed by atoms with Gasteiger partial charge in [-0.2, -0.15) is 0 Å². The Morgan fingerprint density at radius 3 is 2.70 bits per heavy atom. The molecular formula is C19H22N4O3S. The molecule has 0 saturated carbocycles. The molecule has 0 unspecified atom stereocenters. The van der Waals surface area contributed by atoms with E-state index in [4.69, 9.17) is 8.83 Å². The fourth-order valence-corrected chi connectivity index (χ4v) is 3.29. The average molecular weight is 386 g/mol. The van der Waals surface area contributed by atoms with Gasteiger partial charge in [-0.3, -0.25) is 9.69 Å². The second-order valence-electron chi connectivity index (χ2n) is 6.25. The van der Waals surface area contributed by atoms with Crippen molar-refractivity contribution in [2.75, 3.05) is 25.2 Å². The fraction of sp³-hybridized carbons (Fsp3) is 0.316. The monoisotopic (exact) mass is 386 g/mol. The number of anilines is 1. The molecule has 7 nitrogen and oxygen atoms in total. The Balaban J connectivity index is 1.58. The topological polar surface area (TPSA) is 84.4 Å². The summed E-state index contributed by atoms with van der Waals surface area (Å²) in [5.74, 6) is 2.30. The van der Waals surface area contributed by atoms with Crippen LogP contribution in [-0.2, 0) is 11.3 Å². The molecule has 27 heavy (non-hydrogen) atoms. The minimum Gasteiger partial charge on any atom is -0.466 e. The normalized spacial score (nSPS) is 11.1. The molecule has 1 aromatic carbocycles. The Morgan fingerprint density at radius 1 is 1.22 bits per heavy atom. The van der Waals surface area contributed by atoms with Gasteiger partial charge in [0.2, 0.25) is 11.8 Å². The van der Waals surface area contributed by atoms with Crippen molar-refractivity contribution in [2.45, 2.75) is 25.3 Å². The maximum absolute atomic E-state index is 12.3. The number of carbonyl (C=O) groups excluding carboxylic acids is 1. The molecular weight excluding hydrogens is 364 g/mol. The molecule has 1 N–H and O–H groups in total. The predicted molar refractivity (Wildman–Crippen MR) is 105 cm³/mol. The number of likely N-dealkylation sites (N-methyl/N-ethyl adjacent to an activating group) is 1. The van der Waals surface area contributed by atoms with Crippen LogP contribution in [0.4, 0.5) is 5.69 Å². The van der Waals surface area contributed by atoms with Crippen LogP contribution in [0.15, 0.2) is 44.1 Å². The zero-order chi connectivity index (χ0) is 19.4. The lowest BCUT2D eigenvalue weighted by Gasteiger charge is -2.15. The number of hydrogen-bond acceptors (Lipinski definition) is 7. The molecule has 3 rings (SSSR count). The summed E-state index contributed by atoms with van der Waals surface area (Å²) in [7, 11) is 1.83. The first-order valence-electron chi connectivity index (χ1n) is 8.47. The summed E-state index contributed by atoms with van der Waals surface area (Å²) in [5.41, 5.74) is 1.61. The van der Waals surface area contributed by atoms with Gasteiger partial charge < -0.3 is 14.2 Å². The minimum atomic E-state index is -0.0972. The van der Waals surface area contributed by atoms with Crippen molar-refractivity contribution in [3.05, 3.63) is 47.7 Å². The molecule has 2 aromatic heterocycles. The lowest BCUT2D eigenvalue weighted by atomic mass is 10.2. The largest absolute Gasteiger partial charge is 0.466 e. The summed E-state index contributed by atoms with van der Waals surface area (Å²) >= 11 is 1.59. The van der Waals surface area contributed by atoms with E-state index in [1.807, 2.05) is 62.4 Å². The van der Waals surface area contributed by atoms with Gasteiger partial charge in [-0.25, -0.2) is 0 Å². The van der Waals surface area contributed by atoms with Crippen LogP contribution in [0.3, 0.4) is 0 Å². The first-order valence-corrected chi connectivity index (χ1v) is 9.70. The van der Waals surface area contributed by atoms with Gasteiger partial charge in [0.15, 0.2) is 0 Å². The first kappa shape index (κ1) is 19.2. The van der Waals surface area contributed by atoms with Crippen molar-refractivity contribution in [1.29, 1.82) is 0 Å². The molecule has 0 spiro atoms. The highest BCUT2D eigenvalue weighted by Gasteiger charge is 2.16. The Kier molecular flexibility index (Phi) is 5.98. The van der Waals surface area contributed by atoms with Crippen LogP contribution in [0.1, 0.15) is 17.4 Å². The summed E-state index contributed by atoms with van der Waals surface area (Å²) in [5, 5.41) is 11.1. The molecule has 0 atom stereocenters. The van der Waals surface area contributed by atoms with Crippen molar-refractivity contribution in [2.24, 2.45) is 0 Å². The molecule has 1 amide bonds. The number of nitrogens with one attached hydrogen (secondary N) is 1. The Bertz CT molecular complexity index is 935. The average Bonchev–Trinajstić information content (AvgIpc) is 3.20. The molecule has 8 heteroatoms. The molecule has 0 bridgehead atoms. The van der Waals surface area contributed by atoms with Crippen molar-refractivity contribution in [3.8, 4) is 11.5 Å². The minimum absolute atomic E-state index is 0.0972. The van der Waals surface area contributed by atoms with E-state index in [9.17, 15) is 4.79 Å². The van der Waals surface area contributed by atoms with Crippen molar-refractivity contribution in [3.63, 3.8) is 0 Å². The highest BCUT2D eigenvalue weighted by molar-refractivity contribution is 7.98. The number of rotatable bonds is 7. The van der Waals surface area contributed by atoms with Gasteiger partial charge in [-0.05, 0) is 45.4 Å². The van der Waals surface area contributed by atoms with Crippen LogP contribution in [0.25, 0.3) is 11.5 Å². The van der Waals surface area contributed by atoms with E-state index in [1.54, 1.807) is 11.8 Å². The number of aryl methyl sites for hydroxylation is 2. The van der Waals surface area contributed by atoms with Gasteiger partial charge in [-0.15, -0.1) is 22.0 Å². The molecule has 0 fully saturated rings. The standard InChI is InChI=1S/C19H22N4O3S/c1-12-9-14(13(2)25-12)19-22-21-18(26-19)11-23(3)10-17(24)20-15-7-5-6-8-16(15)27-4/h5-9H,10-11H2,1-4H3,(H,20,24). The first-order chi connectivity index (χ1) is 13.0. The molecule has 0 aliphatic heterocycles. The van der Waals surface area contributed by atoms with Gasteiger partial charge in [0, 0.05) is 4.90 Å². The molecule has 142 valence electrons. The highest BCUT2D eigenvalue weighted by atomic mass is 32.2. The summed E-state index contributed by atoms with van der Waals surface area (Å²) in [6.07, 6.45) is 1.98. The van der Waals surface area contributed by atoms with Crippen molar-refractivity contribution in [1.82, 2.24) is 15.1 Å². The van der Waals surface area contributed by atoms with Crippen LogP contribution >= 0.6 is 11.8 Å². The SMILES string of the molecule is CSc1ccccc1NC(=O)CN(C)Cc1nnc(-c2cc(C)oc2C)o1. The Hall–Kier alpha value is -2.58. The molecule has 0 radical (unpaired) electrons. The van der Waals surface area contributed by atoms with Gasteiger partial charge in [0.25, 0.3) is 5.89 Å². The van der Waals surface area contributed by atoms with E-state index in [0.29, 0.717) is 18.3 Å². The maximum Gasteiger partial charge on any atom is 0.251 e. The smallest absolute Gasteiger partial charge is 0.251 e. The number of hydrogen-bond donors (Lipinski definition) is 1. The summed E-state index contributed by atoms with van der Waals surface area (Å²) in [6, 6.07) is 9.59. The zero-order valence-electron chi connectivity index (χ0n) is 15.8. The quantitative estimate of drug-likeness (QED) is 0.619. The van der Waals surface area contributed by atoms with Gasteiger partial charge in [0.1, 0.15) is 11.5 Å². The van der Waals surface area contributed by atoms with E-state index in [1.165, 1.54) is 0 Å². The second kappa shape index (κ2) is 8.41. The van der Waals surface area contributed by atoms with E-state index >= 15 is 0 Å². The lowest BCUT2D eigenvalue weighted by molar-refractivity contribution is -0.117. The van der Waals surface area contributed by atoms with Gasteiger partial charge in [0.05, 0.1) is 24.3 Å². The van der Waals surface area contributed by atoms with Crippen molar-refractivity contribution >= 4 is 23.4 Å². The highest BCUT2D eigenvalue weighted by Crippen LogP contribution is 2.26. The summed E-state index contributed by atoms with van der Waals surface area (Å²) in [4.78, 5) is 15.2. The molecule has 0 aliphatic rings. The van der Waals surface area contributed by atoms with Crippen molar-refractivity contribution < 1.29 is 13.6 Å². The summed E-state index contributed by atoms with van der Waals surface area (Å²) < 4.78 is 11.2. The summed E-state index contributed by atoms with van der Waals surface area (Å²) in [6.45, 7) is 4.31. The van der Waals surface area contributed by atoms with Crippen LogP contribution in [0, 0.1) is 13.8 Å². The van der Waals surface area contributed by atoms with Gasteiger partial charge in [-0.1, -0.05) is 12.1 Å². The third kappa shape index (κ3) is 4.78. The van der Waals surface area contributed by atoms with Crippen LogP contribution in [-0.4, -0.2) is 40.9 Å². The molecule has 0 saturated heterocycles. The van der Waals surface area contributed by atoms with E-state index in [0.717, 1.165) is 27.7 Å². The number of nitrogens with zero attached hydrogens (tertiary/aromatic N) is 3. The van der Waals surface area contributed by atoms with E-state index in [2.05, 4.69) is 15.5 Å². The third-order valence-electron chi connectivity index (χ3n) is 3.94. The molecule has 2 heterocycles. The van der Waals surface area contributed by atoms with Gasteiger partial charge >= 0.3 is 0 Å². The molecule has 0 aliphatic carbocycles. The lowest BCUT2D eigenvalue weighted by Crippen LogP contribution is -2.30. The molecule has 3 aromatic rings. The zero-order valence-corrected chi connectivity index (χ0v) is 16.6. The number of amides is 1. The van der Waals surface area contributed by atoms with Crippen LogP contribution < -0.4 is 5.32 Å². The number of aromatic nitrogens is 2. The number of para-hydroxylation sites is 1. The second-order valence-corrected chi connectivity index (χ2v) is 7.10. The number of furan rings is 1. The maximum atomic E-state index is 12.3. The van der Waals surface area contributed by atoms with E-state index < -0.39 is 0 Å².